The van der Waals surface area contributed by atoms with Crippen LogP contribution in [0.15, 0.2) is 24.3 Å². The molecule has 5 nitrogen and oxygen atoms in total. The number of rotatable bonds is 3. The lowest BCUT2D eigenvalue weighted by Crippen LogP contribution is -1.96. The number of halogens is 1. The van der Waals surface area contributed by atoms with E-state index in [4.69, 9.17) is 21.6 Å². The Morgan fingerprint density at radius 2 is 2.38 bits per heavy atom. The van der Waals surface area contributed by atoms with Crippen molar-refractivity contribution >= 4 is 22.3 Å². The maximum Gasteiger partial charge on any atom is 0.311 e. The lowest BCUT2D eigenvalue weighted by Gasteiger charge is -2.06. The average Bonchev–Trinajstić information content (AvgIpc) is 2.28. The van der Waals surface area contributed by atoms with Crippen LogP contribution in [0, 0.1) is 21.4 Å². The third-order valence-electron chi connectivity index (χ3n) is 1.84. The monoisotopic (exact) mass is 238 g/mol. The molecule has 0 bridgehead atoms. The number of nitriles is 1. The SMILES string of the molecule is COc1c(/C(Cl)=C/C#N)cccc1[N+](=O)[O-]. The third kappa shape index (κ3) is 2.30. The summed E-state index contributed by atoms with van der Waals surface area (Å²) >= 11 is 5.80. The van der Waals surface area contributed by atoms with E-state index in [2.05, 4.69) is 0 Å². The molecule has 0 aromatic heterocycles. The summed E-state index contributed by atoms with van der Waals surface area (Å²) in [4.78, 5) is 10.1. The van der Waals surface area contributed by atoms with Crippen LogP contribution in [0.4, 0.5) is 5.69 Å². The van der Waals surface area contributed by atoms with Crippen LogP contribution in [0.25, 0.3) is 5.03 Å². The van der Waals surface area contributed by atoms with E-state index in [-0.39, 0.29) is 16.5 Å². The molecule has 0 fully saturated rings. The molecule has 0 unspecified atom stereocenters. The molecule has 0 aliphatic carbocycles. The first-order valence-electron chi connectivity index (χ1n) is 4.19. The Kier molecular flexibility index (Phi) is 3.86. The molecule has 0 saturated carbocycles. The van der Waals surface area contributed by atoms with Gasteiger partial charge < -0.3 is 4.74 Å². The second kappa shape index (κ2) is 5.14. The van der Waals surface area contributed by atoms with Crippen LogP contribution in [-0.4, -0.2) is 12.0 Å². The number of methoxy groups -OCH3 is 1. The first-order chi connectivity index (χ1) is 7.61. The number of hydrogen-bond acceptors (Lipinski definition) is 4. The molecule has 0 heterocycles. The number of benzene rings is 1. The highest BCUT2D eigenvalue weighted by Crippen LogP contribution is 2.36. The number of nitro groups is 1. The van der Waals surface area contributed by atoms with Gasteiger partial charge in [0.1, 0.15) is 0 Å². The quantitative estimate of drug-likeness (QED) is 0.461. The fourth-order valence-electron chi connectivity index (χ4n) is 1.21. The van der Waals surface area contributed by atoms with E-state index in [1.807, 2.05) is 0 Å². The molecule has 1 rings (SSSR count). The molecule has 0 atom stereocenters. The van der Waals surface area contributed by atoms with E-state index in [9.17, 15) is 10.1 Å². The molecule has 0 aliphatic heterocycles. The van der Waals surface area contributed by atoms with Crippen LogP contribution >= 0.6 is 11.6 Å². The van der Waals surface area contributed by atoms with Crippen LogP contribution in [0.1, 0.15) is 5.56 Å². The fraction of sp³-hybridized carbons (Fsp3) is 0.100. The number of allylic oxidation sites excluding steroid dienone is 1. The van der Waals surface area contributed by atoms with Gasteiger partial charge >= 0.3 is 5.69 Å². The number of hydrogen-bond donors (Lipinski definition) is 0. The largest absolute Gasteiger partial charge is 0.490 e. The second-order valence-electron chi connectivity index (χ2n) is 2.74. The zero-order valence-electron chi connectivity index (χ0n) is 8.31. The molecule has 6 heteroatoms. The van der Waals surface area contributed by atoms with Gasteiger partial charge in [0.25, 0.3) is 0 Å². The summed E-state index contributed by atoms with van der Waals surface area (Å²) in [6.45, 7) is 0. The summed E-state index contributed by atoms with van der Waals surface area (Å²) < 4.78 is 4.93. The van der Waals surface area contributed by atoms with E-state index >= 15 is 0 Å². The first-order valence-corrected chi connectivity index (χ1v) is 4.56. The highest BCUT2D eigenvalue weighted by Gasteiger charge is 2.19. The molecule has 0 radical (unpaired) electrons. The summed E-state index contributed by atoms with van der Waals surface area (Å²) in [5, 5.41) is 19.3. The van der Waals surface area contributed by atoms with Gasteiger partial charge in [-0.25, -0.2) is 0 Å². The molecule has 16 heavy (non-hydrogen) atoms. The van der Waals surface area contributed by atoms with Crippen LogP contribution < -0.4 is 4.74 Å². The summed E-state index contributed by atoms with van der Waals surface area (Å²) in [6.07, 6.45) is 1.09. The number of nitro benzene ring substituents is 1. The Balaban J connectivity index is 3.42. The average molecular weight is 239 g/mol. The maximum absolute atomic E-state index is 10.7. The summed E-state index contributed by atoms with van der Waals surface area (Å²) in [5.74, 6) is 0.0454. The molecular weight excluding hydrogens is 232 g/mol. The number of para-hydroxylation sites is 1. The summed E-state index contributed by atoms with van der Waals surface area (Å²) in [7, 11) is 1.31. The van der Waals surface area contributed by atoms with Crippen molar-refractivity contribution in [3.8, 4) is 11.8 Å². The van der Waals surface area contributed by atoms with Gasteiger partial charge in [0.05, 0.1) is 23.1 Å². The van der Waals surface area contributed by atoms with Crippen molar-refractivity contribution in [2.75, 3.05) is 7.11 Å². The maximum atomic E-state index is 10.7. The Hall–Kier alpha value is -2.06. The Morgan fingerprint density at radius 3 is 2.88 bits per heavy atom. The topological polar surface area (TPSA) is 76.2 Å². The Labute approximate surface area is 96.7 Å². The van der Waals surface area contributed by atoms with E-state index in [0.29, 0.717) is 5.56 Å². The van der Waals surface area contributed by atoms with Gasteiger partial charge in [-0.1, -0.05) is 17.7 Å². The zero-order valence-corrected chi connectivity index (χ0v) is 9.06. The van der Waals surface area contributed by atoms with Crippen LogP contribution in [0.3, 0.4) is 0 Å². The smallest absolute Gasteiger partial charge is 0.311 e. The third-order valence-corrected chi connectivity index (χ3v) is 2.16. The van der Waals surface area contributed by atoms with Crippen LogP contribution in [0.2, 0.25) is 0 Å². The molecule has 0 amide bonds. The van der Waals surface area contributed by atoms with Gasteiger partial charge in [-0.15, -0.1) is 0 Å². The van der Waals surface area contributed by atoms with Crippen LogP contribution in [0.5, 0.6) is 5.75 Å². The normalized spacial score (nSPS) is 10.7. The van der Waals surface area contributed by atoms with Crippen molar-refractivity contribution in [2.24, 2.45) is 0 Å². The molecule has 0 aliphatic rings. The molecule has 1 aromatic rings. The lowest BCUT2D eigenvalue weighted by atomic mass is 10.1. The van der Waals surface area contributed by atoms with E-state index in [1.165, 1.54) is 19.2 Å². The van der Waals surface area contributed by atoms with E-state index < -0.39 is 4.92 Å². The lowest BCUT2D eigenvalue weighted by molar-refractivity contribution is -0.385. The predicted molar refractivity (Wildman–Crippen MR) is 59.1 cm³/mol. The number of nitrogens with zero attached hydrogens (tertiary/aromatic N) is 2. The van der Waals surface area contributed by atoms with Crippen molar-refractivity contribution in [1.82, 2.24) is 0 Å². The minimum Gasteiger partial charge on any atom is -0.490 e. The van der Waals surface area contributed by atoms with Gasteiger partial charge in [0.2, 0.25) is 5.75 Å². The molecule has 0 N–H and O–H groups in total. The summed E-state index contributed by atoms with van der Waals surface area (Å²) in [5.41, 5.74) is 0.129. The molecule has 82 valence electrons. The van der Waals surface area contributed by atoms with E-state index in [1.54, 1.807) is 12.1 Å². The Morgan fingerprint density at radius 1 is 1.69 bits per heavy atom. The highest BCUT2D eigenvalue weighted by atomic mass is 35.5. The van der Waals surface area contributed by atoms with Crippen molar-refractivity contribution in [3.63, 3.8) is 0 Å². The standard InChI is InChI=1S/C10H7ClN2O3/c1-16-10-7(8(11)5-6-12)3-2-4-9(10)13(14)15/h2-5H,1H3/b8-5-. The predicted octanol–water partition coefficient (Wildman–Crippen LogP) is 2.71. The zero-order chi connectivity index (χ0) is 12.1. The van der Waals surface area contributed by atoms with Crippen molar-refractivity contribution in [2.45, 2.75) is 0 Å². The first kappa shape index (κ1) is 12.0. The van der Waals surface area contributed by atoms with Crippen molar-refractivity contribution in [3.05, 3.63) is 40.0 Å². The van der Waals surface area contributed by atoms with Gasteiger partial charge in [0, 0.05) is 17.7 Å². The van der Waals surface area contributed by atoms with Gasteiger partial charge in [-0.05, 0) is 6.07 Å². The van der Waals surface area contributed by atoms with Crippen molar-refractivity contribution in [1.29, 1.82) is 5.26 Å². The molecule has 0 saturated heterocycles. The van der Waals surface area contributed by atoms with Crippen LogP contribution in [-0.2, 0) is 0 Å². The van der Waals surface area contributed by atoms with Gasteiger partial charge in [-0.2, -0.15) is 5.26 Å². The van der Waals surface area contributed by atoms with Gasteiger partial charge in [-0.3, -0.25) is 10.1 Å². The second-order valence-corrected chi connectivity index (χ2v) is 3.14. The molecular formula is C10H7ClN2O3. The minimum atomic E-state index is -0.571. The molecule has 0 spiro atoms. The number of ether oxygens (including phenoxy) is 1. The van der Waals surface area contributed by atoms with Crippen molar-refractivity contribution < 1.29 is 9.66 Å². The fourth-order valence-corrected chi connectivity index (χ4v) is 1.40. The van der Waals surface area contributed by atoms with Gasteiger partial charge in [0.15, 0.2) is 0 Å². The Bertz CT molecular complexity index is 491. The summed E-state index contributed by atoms with van der Waals surface area (Å²) in [6, 6.07) is 6.07. The van der Waals surface area contributed by atoms with E-state index in [0.717, 1.165) is 6.08 Å². The minimum absolute atomic E-state index is 0.0454. The molecule has 1 aromatic carbocycles. The highest BCUT2D eigenvalue weighted by molar-refractivity contribution is 6.49.